The van der Waals surface area contributed by atoms with Crippen LogP contribution < -0.4 is 5.49 Å². The van der Waals surface area contributed by atoms with Crippen molar-refractivity contribution in [2.45, 2.75) is 45.8 Å². The van der Waals surface area contributed by atoms with Crippen molar-refractivity contribution in [3.63, 3.8) is 0 Å². The molecule has 2 heterocycles. The summed E-state index contributed by atoms with van der Waals surface area (Å²) in [7, 11) is 1.83. The van der Waals surface area contributed by atoms with Gasteiger partial charge in [0.2, 0.25) is 0 Å². The van der Waals surface area contributed by atoms with Gasteiger partial charge in [-0.15, -0.1) is 0 Å². The molecule has 9 heteroatoms. The highest BCUT2D eigenvalue weighted by Gasteiger charge is 2.37. The van der Waals surface area contributed by atoms with E-state index in [-0.39, 0.29) is 16.3 Å². The SMILES string of the molecule is Cn1c(C(C)(C)C)c/c(=N/C(=O)c2cccc(C(F)(F)F)c2F)n1CC1(C)COC1. The Balaban J connectivity index is 2.12. The number of hydrogen-bond acceptors (Lipinski definition) is 2. The van der Waals surface area contributed by atoms with Gasteiger partial charge < -0.3 is 4.74 Å². The van der Waals surface area contributed by atoms with Crippen molar-refractivity contribution in [1.82, 2.24) is 9.36 Å². The van der Waals surface area contributed by atoms with Crippen LogP contribution >= 0.6 is 0 Å². The molecule has 0 N–H and O–H groups in total. The lowest BCUT2D eigenvalue weighted by molar-refractivity contribution is -0.140. The molecule has 0 saturated carbocycles. The zero-order valence-corrected chi connectivity index (χ0v) is 17.6. The van der Waals surface area contributed by atoms with E-state index < -0.39 is 29.0 Å². The number of nitrogens with zero attached hydrogens (tertiary/aromatic N) is 3. The maximum absolute atomic E-state index is 14.4. The van der Waals surface area contributed by atoms with Gasteiger partial charge in [0, 0.05) is 29.6 Å². The van der Waals surface area contributed by atoms with Crippen LogP contribution in [0.1, 0.15) is 49.3 Å². The van der Waals surface area contributed by atoms with Crippen molar-refractivity contribution in [2.75, 3.05) is 13.2 Å². The van der Waals surface area contributed by atoms with E-state index in [1.807, 2.05) is 39.4 Å². The van der Waals surface area contributed by atoms with Gasteiger partial charge in [-0.2, -0.15) is 18.2 Å². The van der Waals surface area contributed by atoms with E-state index in [0.29, 0.717) is 25.8 Å². The summed E-state index contributed by atoms with van der Waals surface area (Å²) >= 11 is 0. The quantitative estimate of drug-likeness (QED) is 0.694. The summed E-state index contributed by atoms with van der Waals surface area (Å²) in [5, 5.41) is 0. The lowest BCUT2D eigenvalue weighted by Crippen LogP contribution is -2.46. The third-order valence-corrected chi connectivity index (χ3v) is 5.19. The predicted molar refractivity (Wildman–Crippen MR) is 102 cm³/mol. The van der Waals surface area contributed by atoms with Crippen LogP contribution in [0.3, 0.4) is 0 Å². The second-order valence-corrected chi connectivity index (χ2v) is 9.10. The van der Waals surface area contributed by atoms with Crippen molar-refractivity contribution in [3.05, 3.63) is 52.4 Å². The molecule has 0 aliphatic carbocycles. The van der Waals surface area contributed by atoms with Gasteiger partial charge >= 0.3 is 6.18 Å². The van der Waals surface area contributed by atoms with E-state index in [1.165, 1.54) is 0 Å². The highest BCUT2D eigenvalue weighted by molar-refractivity contribution is 5.95. The standard InChI is InChI=1S/C21H25F4N3O2/c1-19(2,3)15-9-16(28(27(15)5)10-20(4)11-30-12-20)26-18(29)13-7-6-8-14(17(13)22)21(23,24)25/h6-9H,10-12H2,1-5H3/b26-16-. The average Bonchev–Trinajstić information content (AvgIpc) is 2.88. The smallest absolute Gasteiger partial charge is 0.380 e. The molecule has 0 atom stereocenters. The molecule has 30 heavy (non-hydrogen) atoms. The topological polar surface area (TPSA) is 48.5 Å². The third kappa shape index (κ3) is 4.21. The Hall–Kier alpha value is -2.42. The lowest BCUT2D eigenvalue weighted by Gasteiger charge is -2.38. The normalized spacial score (nSPS) is 17.2. The molecule has 2 aromatic rings. The van der Waals surface area contributed by atoms with Gasteiger partial charge in [0.05, 0.1) is 30.9 Å². The van der Waals surface area contributed by atoms with Crippen LogP contribution in [0.25, 0.3) is 0 Å². The van der Waals surface area contributed by atoms with Crippen molar-refractivity contribution >= 4 is 5.91 Å². The number of halogens is 4. The predicted octanol–water partition coefficient (Wildman–Crippen LogP) is 4.06. The molecule has 1 aliphatic heterocycles. The first-order chi connectivity index (χ1) is 13.7. The van der Waals surface area contributed by atoms with Crippen LogP contribution in [-0.4, -0.2) is 28.5 Å². The van der Waals surface area contributed by atoms with Gasteiger partial charge in [0.25, 0.3) is 5.91 Å². The molecule has 0 radical (unpaired) electrons. The fraction of sp³-hybridized carbons (Fsp3) is 0.524. The zero-order chi connectivity index (χ0) is 22.5. The van der Waals surface area contributed by atoms with E-state index in [2.05, 4.69) is 4.99 Å². The number of benzene rings is 1. The van der Waals surface area contributed by atoms with Crippen LogP contribution in [0.4, 0.5) is 17.6 Å². The van der Waals surface area contributed by atoms with E-state index >= 15 is 0 Å². The Bertz CT molecular complexity index is 1040. The van der Waals surface area contributed by atoms with Gasteiger partial charge in [-0.1, -0.05) is 33.8 Å². The third-order valence-electron chi connectivity index (χ3n) is 5.19. The summed E-state index contributed by atoms with van der Waals surface area (Å²) in [6, 6.07) is 4.33. The Morgan fingerprint density at radius 2 is 1.87 bits per heavy atom. The first-order valence-corrected chi connectivity index (χ1v) is 9.53. The number of rotatable bonds is 3. The first-order valence-electron chi connectivity index (χ1n) is 9.53. The maximum atomic E-state index is 14.4. The second kappa shape index (κ2) is 7.37. The largest absolute Gasteiger partial charge is 0.419 e. The molecule has 0 spiro atoms. The molecule has 1 saturated heterocycles. The molecule has 5 nitrogen and oxygen atoms in total. The van der Waals surface area contributed by atoms with Gasteiger partial charge in [-0.05, 0) is 12.1 Å². The van der Waals surface area contributed by atoms with E-state index in [0.717, 1.165) is 17.8 Å². The maximum Gasteiger partial charge on any atom is 0.419 e. The molecule has 1 aliphatic rings. The molecular weight excluding hydrogens is 402 g/mol. The molecular formula is C21H25F4N3O2. The van der Waals surface area contributed by atoms with Crippen LogP contribution in [0.15, 0.2) is 29.3 Å². The average molecular weight is 427 g/mol. The minimum Gasteiger partial charge on any atom is -0.380 e. The Morgan fingerprint density at radius 1 is 1.23 bits per heavy atom. The number of carbonyl (C=O) groups is 1. The minimum atomic E-state index is -4.90. The number of ether oxygens (including phenoxy) is 1. The van der Waals surface area contributed by atoms with E-state index in [1.54, 1.807) is 10.7 Å². The van der Waals surface area contributed by atoms with Crippen LogP contribution in [0.2, 0.25) is 0 Å². The summed E-state index contributed by atoms with van der Waals surface area (Å²) in [6.07, 6.45) is -4.90. The van der Waals surface area contributed by atoms with Crippen molar-refractivity contribution < 1.29 is 27.1 Å². The molecule has 0 unspecified atom stereocenters. The monoisotopic (exact) mass is 427 g/mol. The van der Waals surface area contributed by atoms with Gasteiger partial charge in [0.15, 0.2) is 5.49 Å². The van der Waals surface area contributed by atoms with Gasteiger partial charge in [-0.25, -0.2) is 4.39 Å². The van der Waals surface area contributed by atoms with Gasteiger partial charge in [-0.3, -0.25) is 14.2 Å². The Morgan fingerprint density at radius 3 is 2.37 bits per heavy atom. The highest BCUT2D eigenvalue weighted by atomic mass is 19.4. The van der Waals surface area contributed by atoms with Gasteiger partial charge in [0.1, 0.15) is 5.82 Å². The highest BCUT2D eigenvalue weighted by Crippen LogP contribution is 2.33. The molecule has 1 aromatic carbocycles. The van der Waals surface area contributed by atoms with Crippen LogP contribution in [0.5, 0.6) is 0 Å². The molecule has 164 valence electrons. The van der Waals surface area contributed by atoms with Crippen LogP contribution in [0, 0.1) is 11.2 Å². The first kappa shape index (κ1) is 22.3. The fourth-order valence-electron chi connectivity index (χ4n) is 3.54. The van der Waals surface area contributed by atoms with E-state index in [9.17, 15) is 22.4 Å². The Kier molecular flexibility index (Phi) is 5.47. The summed E-state index contributed by atoms with van der Waals surface area (Å²) in [6.45, 7) is 9.62. The minimum absolute atomic E-state index is 0.152. The number of alkyl halides is 3. The van der Waals surface area contributed by atoms with Crippen molar-refractivity contribution in [2.24, 2.45) is 17.5 Å². The Labute approximate surface area is 172 Å². The molecule has 1 fully saturated rings. The summed E-state index contributed by atoms with van der Waals surface area (Å²) in [5.74, 6) is -2.68. The number of hydrogen-bond donors (Lipinski definition) is 0. The summed E-state index contributed by atoms with van der Waals surface area (Å²) in [4.78, 5) is 16.7. The van der Waals surface area contributed by atoms with E-state index in [4.69, 9.17) is 4.74 Å². The molecule has 3 rings (SSSR count). The number of aromatic nitrogens is 2. The number of carbonyl (C=O) groups excluding carboxylic acids is 1. The molecule has 1 aromatic heterocycles. The summed E-state index contributed by atoms with van der Waals surface area (Å²) < 4.78 is 62.4. The molecule has 1 amide bonds. The van der Waals surface area contributed by atoms with Crippen molar-refractivity contribution in [3.8, 4) is 0 Å². The fourth-order valence-corrected chi connectivity index (χ4v) is 3.54. The lowest BCUT2D eigenvalue weighted by atomic mass is 9.89. The number of amides is 1. The zero-order valence-electron chi connectivity index (χ0n) is 17.6. The van der Waals surface area contributed by atoms with Crippen LogP contribution in [-0.2, 0) is 29.9 Å². The molecule has 0 bridgehead atoms. The van der Waals surface area contributed by atoms with Crippen molar-refractivity contribution in [1.29, 1.82) is 0 Å². The summed E-state index contributed by atoms with van der Waals surface area (Å²) in [5.41, 5.74) is -1.48. The second-order valence-electron chi connectivity index (χ2n) is 9.10.